The van der Waals surface area contributed by atoms with Crippen LogP contribution in [0.5, 0.6) is 0 Å². The average molecular weight is 222 g/mol. The summed E-state index contributed by atoms with van der Waals surface area (Å²) in [6, 6.07) is 2.38. The summed E-state index contributed by atoms with van der Waals surface area (Å²) in [5.74, 6) is 0. The Labute approximate surface area is 97.6 Å². The molecule has 16 heavy (non-hydrogen) atoms. The monoisotopic (exact) mass is 222 g/mol. The van der Waals surface area contributed by atoms with Crippen molar-refractivity contribution in [3.63, 3.8) is 0 Å². The summed E-state index contributed by atoms with van der Waals surface area (Å²) in [6.45, 7) is 4.33. The molecule has 0 bridgehead atoms. The first-order valence-corrected chi connectivity index (χ1v) is 6.05. The van der Waals surface area contributed by atoms with Crippen molar-refractivity contribution >= 4 is 0 Å². The fourth-order valence-electron chi connectivity index (χ4n) is 2.82. The summed E-state index contributed by atoms with van der Waals surface area (Å²) >= 11 is 0. The van der Waals surface area contributed by atoms with Gasteiger partial charge in [0.2, 0.25) is 0 Å². The second-order valence-electron chi connectivity index (χ2n) is 5.46. The summed E-state index contributed by atoms with van der Waals surface area (Å²) in [6.07, 6.45) is 7.25. The van der Waals surface area contributed by atoms with Crippen LogP contribution >= 0.6 is 0 Å². The molecule has 2 unspecified atom stereocenters. The minimum Gasteiger partial charge on any atom is -0.472 e. The van der Waals surface area contributed by atoms with E-state index < -0.39 is 0 Å². The van der Waals surface area contributed by atoms with Crippen molar-refractivity contribution in [1.82, 2.24) is 4.90 Å². The molecule has 1 saturated carbocycles. The fourth-order valence-corrected chi connectivity index (χ4v) is 2.82. The Balaban J connectivity index is 1.89. The summed E-state index contributed by atoms with van der Waals surface area (Å²) in [5.41, 5.74) is 7.71. The fraction of sp³-hybridized carbons (Fsp3) is 0.692. The molecular weight excluding hydrogens is 200 g/mol. The Morgan fingerprint density at radius 1 is 1.62 bits per heavy atom. The highest BCUT2D eigenvalue weighted by Crippen LogP contribution is 2.37. The molecule has 0 radical (unpaired) electrons. The molecule has 0 aromatic carbocycles. The Hall–Kier alpha value is -0.800. The van der Waals surface area contributed by atoms with Gasteiger partial charge in [0.25, 0.3) is 0 Å². The van der Waals surface area contributed by atoms with E-state index in [1.807, 2.05) is 12.3 Å². The predicted octanol–water partition coefficient (Wildman–Crippen LogP) is 2.23. The third-order valence-corrected chi connectivity index (χ3v) is 3.82. The molecule has 1 heterocycles. The highest BCUT2D eigenvalue weighted by Gasteiger charge is 2.36. The highest BCUT2D eigenvalue weighted by atomic mass is 16.3. The molecule has 1 aliphatic carbocycles. The van der Waals surface area contributed by atoms with Crippen LogP contribution in [0, 0.1) is 5.41 Å². The average Bonchev–Trinajstić information content (AvgIpc) is 2.79. The number of hydrogen-bond acceptors (Lipinski definition) is 3. The molecular formula is C13H22N2O. The molecule has 2 atom stereocenters. The molecule has 1 aromatic rings. The standard InChI is InChI=1S/C13H22N2O/c1-13(6-3-4-12(13)14)10-15(2)8-11-5-7-16-9-11/h5,7,9,12H,3-4,6,8,10,14H2,1-2H3. The number of rotatable bonds is 4. The third-order valence-electron chi connectivity index (χ3n) is 3.82. The summed E-state index contributed by atoms with van der Waals surface area (Å²) in [5, 5.41) is 0. The van der Waals surface area contributed by atoms with Crippen molar-refractivity contribution in [1.29, 1.82) is 0 Å². The van der Waals surface area contributed by atoms with Crippen LogP contribution < -0.4 is 5.73 Å². The molecule has 3 nitrogen and oxygen atoms in total. The summed E-state index contributed by atoms with van der Waals surface area (Å²) in [7, 11) is 2.16. The lowest BCUT2D eigenvalue weighted by Gasteiger charge is -2.33. The van der Waals surface area contributed by atoms with E-state index in [9.17, 15) is 0 Å². The van der Waals surface area contributed by atoms with Gasteiger partial charge in [-0.2, -0.15) is 0 Å². The second-order valence-corrected chi connectivity index (χ2v) is 5.46. The lowest BCUT2D eigenvalue weighted by Crippen LogP contribution is -2.42. The highest BCUT2D eigenvalue weighted by molar-refractivity contribution is 5.05. The lowest BCUT2D eigenvalue weighted by molar-refractivity contribution is 0.173. The lowest BCUT2D eigenvalue weighted by atomic mass is 9.84. The van der Waals surface area contributed by atoms with E-state index in [1.54, 1.807) is 6.26 Å². The zero-order valence-corrected chi connectivity index (χ0v) is 10.3. The molecule has 2 N–H and O–H groups in total. The van der Waals surface area contributed by atoms with E-state index in [2.05, 4.69) is 18.9 Å². The normalized spacial score (nSPS) is 30.1. The van der Waals surface area contributed by atoms with E-state index >= 15 is 0 Å². The van der Waals surface area contributed by atoms with E-state index in [0.29, 0.717) is 11.5 Å². The number of nitrogens with zero attached hydrogens (tertiary/aromatic N) is 1. The first-order valence-electron chi connectivity index (χ1n) is 6.05. The minimum atomic E-state index is 0.290. The number of nitrogens with two attached hydrogens (primary N) is 1. The van der Waals surface area contributed by atoms with Gasteiger partial charge in [0.05, 0.1) is 12.5 Å². The van der Waals surface area contributed by atoms with Gasteiger partial charge in [0.15, 0.2) is 0 Å². The summed E-state index contributed by atoms with van der Waals surface area (Å²) in [4.78, 5) is 2.34. The van der Waals surface area contributed by atoms with Gasteiger partial charge in [0.1, 0.15) is 0 Å². The van der Waals surface area contributed by atoms with E-state index in [4.69, 9.17) is 10.2 Å². The largest absolute Gasteiger partial charge is 0.472 e. The maximum Gasteiger partial charge on any atom is 0.0947 e. The molecule has 0 saturated heterocycles. The third kappa shape index (κ3) is 2.47. The Bertz CT molecular complexity index is 323. The quantitative estimate of drug-likeness (QED) is 0.849. The minimum absolute atomic E-state index is 0.290. The van der Waals surface area contributed by atoms with E-state index in [1.165, 1.54) is 24.8 Å². The van der Waals surface area contributed by atoms with Gasteiger partial charge in [-0.15, -0.1) is 0 Å². The number of furan rings is 1. The van der Waals surface area contributed by atoms with E-state index in [-0.39, 0.29) is 0 Å². The first kappa shape index (κ1) is 11.7. The maximum absolute atomic E-state index is 6.19. The van der Waals surface area contributed by atoms with Crippen LogP contribution in [-0.2, 0) is 6.54 Å². The van der Waals surface area contributed by atoms with Gasteiger partial charge in [-0.05, 0) is 31.4 Å². The topological polar surface area (TPSA) is 42.4 Å². The van der Waals surface area contributed by atoms with Gasteiger partial charge >= 0.3 is 0 Å². The van der Waals surface area contributed by atoms with Crippen LogP contribution in [-0.4, -0.2) is 24.5 Å². The SMILES string of the molecule is CN(Cc1ccoc1)CC1(C)CCCC1N. The van der Waals surface area contributed by atoms with E-state index in [0.717, 1.165) is 13.1 Å². The van der Waals surface area contributed by atoms with Gasteiger partial charge < -0.3 is 15.1 Å². The van der Waals surface area contributed by atoms with Crippen molar-refractivity contribution < 1.29 is 4.42 Å². The van der Waals surface area contributed by atoms with Crippen LogP contribution in [0.4, 0.5) is 0 Å². The van der Waals surface area contributed by atoms with Crippen LogP contribution in [0.15, 0.2) is 23.0 Å². The number of hydrogen-bond donors (Lipinski definition) is 1. The Morgan fingerprint density at radius 3 is 3.00 bits per heavy atom. The second kappa shape index (κ2) is 4.60. The maximum atomic E-state index is 6.19. The van der Waals surface area contributed by atoms with Gasteiger partial charge in [-0.3, -0.25) is 0 Å². The van der Waals surface area contributed by atoms with Crippen LogP contribution in [0.25, 0.3) is 0 Å². The zero-order chi connectivity index (χ0) is 11.6. The Kier molecular flexibility index (Phi) is 3.36. The van der Waals surface area contributed by atoms with Crippen LogP contribution in [0.1, 0.15) is 31.7 Å². The van der Waals surface area contributed by atoms with Gasteiger partial charge in [0, 0.05) is 24.7 Å². The molecule has 1 fully saturated rings. The van der Waals surface area contributed by atoms with Gasteiger partial charge in [-0.1, -0.05) is 13.3 Å². The molecule has 0 amide bonds. The van der Waals surface area contributed by atoms with Crippen molar-refractivity contribution in [2.45, 2.75) is 38.8 Å². The van der Waals surface area contributed by atoms with Crippen molar-refractivity contribution in [3.05, 3.63) is 24.2 Å². The molecule has 1 aromatic heterocycles. The van der Waals surface area contributed by atoms with Crippen LogP contribution in [0.2, 0.25) is 0 Å². The van der Waals surface area contributed by atoms with Gasteiger partial charge in [-0.25, -0.2) is 0 Å². The summed E-state index contributed by atoms with van der Waals surface area (Å²) < 4.78 is 5.08. The van der Waals surface area contributed by atoms with Crippen molar-refractivity contribution in [3.8, 4) is 0 Å². The smallest absolute Gasteiger partial charge is 0.0947 e. The molecule has 3 heteroatoms. The Morgan fingerprint density at radius 2 is 2.44 bits per heavy atom. The zero-order valence-electron chi connectivity index (χ0n) is 10.3. The molecule has 2 rings (SSSR count). The first-order chi connectivity index (χ1) is 7.60. The van der Waals surface area contributed by atoms with Crippen molar-refractivity contribution in [2.24, 2.45) is 11.1 Å². The molecule has 90 valence electrons. The predicted molar refractivity (Wildman–Crippen MR) is 65.0 cm³/mol. The molecule has 0 spiro atoms. The molecule has 0 aliphatic heterocycles. The molecule has 1 aliphatic rings. The van der Waals surface area contributed by atoms with Crippen LogP contribution in [0.3, 0.4) is 0 Å². The van der Waals surface area contributed by atoms with Crippen molar-refractivity contribution in [2.75, 3.05) is 13.6 Å².